The third-order valence-corrected chi connectivity index (χ3v) is 8.89. The molecule has 0 N–H and O–H groups in total. The largest absolute Gasteiger partial charge is 0.368 e. The Balaban J connectivity index is 1.56. The Kier molecular flexibility index (Phi) is 8.03. The molecular formula is C28H32ClN3O3S. The van der Waals surface area contributed by atoms with Crippen LogP contribution in [-0.4, -0.2) is 56.3 Å². The van der Waals surface area contributed by atoms with E-state index in [4.69, 9.17) is 11.6 Å². The maximum absolute atomic E-state index is 13.9. The Morgan fingerprint density at radius 1 is 0.889 bits per heavy atom. The van der Waals surface area contributed by atoms with Crippen LogP contribution in [0.25, 0.3) is 0 Å². The Hall–Kier alpha value is -2.87. The van der Waals surface area contributed by atoms with Crippen molar-refractivity contribution in [2.45, 2.75) is 32.2 Å². The fourth-order valence-corrected chi connectivity index (χ4v) is 6.74. The summed E-state index contributed by atoms with van der Waals surface area (Å²) in [4.78, 5) is 17.6. The van der Waals surface area contributed by atoms with Crippen molar-refractivity contribution < 1.29 is 13.2 Å². The van der Waals surface area contributed by atoms with E-state index in [1.165, 1.54) is 4.31 Å². The molecule has 3 aromatic carbocycles. The summed E-state index contributed by atoms with van der Waals surface area (Å²) < 4.78 is 29.2. The van der Waals surface area contributed by atoms with Crippen LogP contribution in [0.15, 0.2) is 71.6 Å². The van der Waals surface area contributed by atoms with Crippen LogP contribution in [0.5, 0.6) is 0 Å². The molecule has 1 saturated heterocycles. The summed E-state index contributed by atoms with van der Waals surface area (Å²) in [5, 5.41) is 0.575. The second-order valence-electron chi connectivity index (χ2n) is 9.33. The fourth-order valence-electron chi connectivity index (χ4n) is 4.83. The normalized spacial score (nSPS) is 14.4. The number of hydrogen-bond acceptors (Lipinski definition) is 4. The first-order valence-electron chi connectivity index (χ1n) is 12.1. The van der Waals surface area contributed by atoms with Gasteiger partial charge in [-0.25, -0.2) is 8.42 Å². The van der Waals surface area contributed by atoms with Gasteiger partial charge in [-0.15, -0.1) is 0 Å². The third kappa shape index (κ3) is 5.91. The minimum absolute atomic E-state index is 0.0853. The van der Waals surface area contributed by atoms with E-state index >= 15 is 0 Å². The van der Waals surface area contributed by atoms with Crippen LogP contribution in [0.1, 0.15) is 22.3 Å². The highest BCUT2D eigenvalue weighted by Gasteiger charge is 2.32. The number of carbonyl (C=O) groups excluding carboxylic acids is 1. The van der Waals surface area contributed by atoms with Crippen molar-refractivity contribution in [3.8, 4) is 0 Å². The summed E-state index contributed by atoms with van der Waals surface area (Å²) in [5.74, 6) is -0.192. The van der Waals surface area contributed by atoms with Crippen LogP contribution in [0, 0.1) is 20.8 Å². The van der Waals surface area contributed by atoms with E-state index in [2.05, 4.69) is 17.0 Å². The average Bonchev–Trinajstić information content (AvgIpc) is 2.84. The van der Waals surface area contributed by atoms with Gasteiger partial charge in [-0.2, -0.15) is 4.31 Å². The molecule has 0 radical (unpaired) electrons. The number of hydrogen-bond donors (Lipinski definition) is 0. The van der Waals surface area contributed by atoms with Crippen molar-refractivity contribution in [1.82, 2.24) is 9.21 Å². The van der Waals surface area contributed by atoms with Gasteiger partial charge in [0.1, 0.15) is 0 Å². The zero-order chi connectivity index (χ0) is 25.9. The fraction of sp³-hybridized carbons (Fsp3) is 0.321. The van der Waals surface area contributed by atoms with Crippen molar-refractivity contribution >= 4 is 33.2 Å². The van der Waals surface area contributed by atoms with E-state index in [1.807, 2.05) is 37.3 Å². The van der Waals surface area contributed by atoms with E-state index in [-0.39, 0.29) is 23.9 Å². The summed E-state index contributed by atoms with van der Waals surface area (Å²) in [7, 11) is -3.93. The number of amides is 1. The first-order chi connectivity index (χ1) is 17.1. The van der Waals surface area contributed by atoms with Gasteiger partial charge < -0.3 is 9.80 Å². The molecule has 4 rings (SSSR count). The van der Waals surface area contributed by atoms with Crippen LogP contribution in [0.4, 0.5) is 5.69 Å². The molecule has 0 spiro atoms. The summed E-state index contributed by atoms with van der Waals surface area (Å²) in [6.07, 6.45) is 0. The molecule has 0 bridgehead atoms. The average molecular weight is 526 g/mol. The molecule has 1 amide bonds. The molecule has 8 heteroatoms. The van der Waals surface area contributed by atoms with Gasteiger partial charge in [0.2, 0.25) is 15.9 Å². The lowest BCUT2D eigenvalue weighted by atomic mass is 10.1. The number of nitrogens with zero attached hydrogens (tertiary/aromatic N) is 3. The smallest absolute Gasteiger partial charge is 0.244 e. The predicted molar refractivity (Wildman–Crippen MR) is 145 cm³/mol. The number of halogens is 1. The van der Waals surface area contributed by atoms with Crippen LogP contribution in [-0.2, 0) is 21.4 Å². The van der Waals surface area contributed by atoms with Gasteiger partial charge >= 0.3 is 0 Å². The zero-order valence-electron chi connectivity index (χ0n) is 20.9. The van der Waals surface area contributed by atoms with Gasteiger partial charge in [0, 0.05) is 43.4 Å². The molecule has 6 nitrogen and oxygen atoms in total. The number of anilines is 1. The highest BCUT2D eigenvalue weighted by molar-refractivity contribution is 7.89. The van der Waals surface area contributed by atoms with Crippen molar-refractivity contribution in [2.24, 2.45) is 0 Å². The van der Waals surface area contributed by atoms with Crippen LogP contribution in [0.3, 0.4) is 0 Å². The summed E-state index contributed by atoms with van der Waals surface area (Å²) in [6.45, 7) is 7.92. The van der Waals surface area contributed by atoms with E-state index in [1.54, 1.807) is 43.0 Å². The Morgan fingerprint density at radius 3 is 2.06 bits per heavy atom. The second-order valence-corrected chi connectivity index (χ2v) is 11.6. The summed E-state index contributed by atoms with van der Waals surface area (Å²) in [5.41, 5.74) is 4.25. The molecule has 190 valence electrons. The lowest BCUT2D eigenvalue weighted by Gasteiger charge is -2.37. The second kappa shape index (κ2) is 11.0. The highest BCUT2D eigenvalue weighted by Crippen LogP contribution is 2.27. The molecule has 0 aromatic heterocycles. The monoisotopic (exact) mass is 525 g/mol. The molecule has 0 aliphatic carbocycles. The van der Waals surface area contributed by atoms with Crippen molar-refractivity contribution in [3.05, 3.63) is 94.0 Å². The summed E-state index contributed by atoms with van der Waals surface area (Å²) >= 11 is 6.04. The van der Waals surface area contributed by atoms with Crippen molar-refractivity contribution in [2.75, 3.05) is 37.6 Å². The third-order valence-electron chi connectivity index (χ3n) is 6.54. The van der Waals surface area contributed by atoms with Gasteiger partial charge in [-0.05, 0) is 61.7 Å². The lowest BCUT2D eigenvalue weighted by molar-refractivity contribution is -0.131. The molecule has 1 fully saturated rings. The van der Waals surface area contributed by atoms with E-state index in [0.717, 1.165) is 16.8 Å². The van der Waals surface area contributed by atoms with Crippen molar-refractivity contribution in [3.63, 3.8) is 0 Å². The quantitative estimate of drug-likeness (QED) is 0.444. The number of para-hydroxylation sites is 1. The molecule has 0 saturated carbocycles. The molecule has 1 aliphatic heterocycles. The standard InChI is InChI=1S/C28H32ClN3O3S/c1-21-17-22(2)28(23(3)18-21)36(34,35)32(19-24-9-11-25(29)12-10-24)20-27(33)31-15-13-30(14-16-31)26-7-5-4-6-8-26/h4-12,17-18H,13-16,19-20H2,1-3H3. The van der Waals surface area contributed by atoms with Crippen molar-refractivity contribution in [1.29, 1.82) is 0 Å². The maximum atomic E-state index is 13.9. The number of benzene rings is 3. The van der Waals surface area contributed by atoms with E-state index < -0.39 is 10.0 Å². The van der Waals surface area contributed by atoms with Gasteiger partial charge in [-0.1, -0.05) is 59.6 Å². The highest BCUT2D eigenvalue weighted by atomic mass is 35.5. The molecule has 0 unspecified atom stereocenters. The SMILES string of the molecule is Cc1cc(C)c(S(=O)(=O)N(CC(=O)N2CCN(c3ccccc3)CC2)Cc2ccc(Cl)cc2)c(C)c1. The lowest BCUT2D eigenvalue weighted by Crippen LogP contribution is -2.51. The predicted octanol–water partition coefficient (Wildman–Crippen LogP) is 4.80. The van der Waals surface area contributed by atoms with Crippen LogP contribution >= 0.6 is 11.6 Å². The molecule has 1 heterocycles. The van der Waals surface area contributed by atoms with Gasteiger partial charge in [0.15, 0.2) is 0 Å². The number of aryl methyl sites for hydroxylation is 3. The minimum atomic E-state index is -3.93. The first-order valence-corrected chi connectivity index (χ1v) is 13.9. The first kappa shape index (κ1) is 26.2. The Bertz CT molecular complexity index is 1300. The van der Waals surface area contributed by atoms with E-state index in [0.29, 0.717) is 42.3 Å². The topological polar surface area (TPSA) is 60.9 Å². The minimum Gasteiger partial charge on any atom is -0.368 e. The van der Waals surface area contributed by atoms with E-state index in [9.17, 15) is 13.2 Å². The zero-order valence-corrected chi connectivity index (χ0v) is 22.5. The number of carbonyl (C=O) groups is 1. The van der Waals surface area contributed by atoms with Crippen LogP contribution in [0.2, 0.25) is 5.02 Å². The van der Waals surface area contributed by atoms with Crippen LogP contribution < -0.4 is 4.90 Å². The van der Waals surface area contributed by atoms with Gasteiger partial charge in [0.05, 0.1) is 11.4 Å². The molecule has 36 heavy (non-hydrogen) atoms. The van der Waals surface area contributed by atoms with Gasteiger partial charge in [-0.3, -0.25) is 4.79 Å². The van der Waals surface area contributed by atoms with Gasteiger partial charge in [0.25, 0.3) is 0 Å². The Morgan fingerprint density at radius 2 is 1.47 bits per heavy atom. The molecule has 3 aromatic rings. The number of piperazine rings is 1. The number of sulfonamides is 1. The molecular weight excluding hydrogens is 494 g/mol. The molecule has 0 atom stereocenters. The summed E-state index contributed by atoms with van der Waals surface area (Å²) in [6, 6.07) is 20.9. The molecule has 1 aliphatic rings. The Labute approximate surface area is 219 Å². The maximum Gasteiger partial charge on any atom is 0.244 e. The number of rotatable bonds is 7.